The van der Waals surface area contributed by atoms with Crippen molar-refractivity contribution in [1.82, 2.24) is 9.78 Å². The van der Waals surface area contributed by atoms with Crippen molar-refractivity contribution in [2.24, 2.45) is 0 Å². The van der Waals surface area contributed by atoms with E-state index in [2.05, 4.69) is 5.10 Å². The molecule has 0 radical (unpaired) electrons. The van der Waals surface area contributed by atoms with Gasteiger partial charge in [0.1, 0.15) is 0 Å². The fourth-order valence-electron chi connectivity index (χ4n) is 1.48. The first-order chi connectivity index (χ1) is 9.10. The van der Waals surface area contributed by atoms with Gasteiger partial charge in [-0.25, -0.2) is 4.79 Å². The molecule has 0 amide bonds. The van der Waals surface area contributed by atoms with Gasteiger partial charge in [0.05, 0.1) is 23.2 Å². The van der Waals surface area contributed by atoms with E-state index in [1.807, 2.05) is 6.07 Å². The number of thioether (sulfide) groups is 1. The van der Waals surface area contributed by atoms with Crippen LogP contribution in [0.4, 0.5) is 0 Å². The van der Waals surface area contributed by atoms with Gasteiger partial charge in [0.25, 0.3) is 0 Å². The lowest BCUT2D eigenvalue weighted by Crippen LogP contribution is -2.17. The molecule has 98 valence electrons. The Balaban J connectivity index is 1.98. The van der Waals surface area contributed by atoms with Crippen molar-refractivity contribution in [1.29, 1.82) is 5.26 Å². The molecule has 7 heteroatoms. The SMILES string of the molecule is Cc1nn(CCSc2ccc(C#N)cc2Cl)c(=O)o1. The number of nitrogens with zero attached hydrogens (tertiary/aromatic N) is 3. The molecule has 19 heavy (non-hydrogen) atoms. The first-order valence-electron chi connectivity index (χ1n) is 5.47. The molecule has 1 aromatic heterocycles. The first kappa shape index (κ1) is 13.7. The highest BCUT2D eigenvalue weighted by Gasteiger charge is 2.06. The van der Waals surface area contributed by atoms with E-state index < -0.39 is 5.76 Å². The second kappa shape index (κ2) is 5.95. The lowest BCUT2D eigenvalue weighted by Gasteiger charge is -2.03. The number of aromatic nitrogens is 2. The summed E-state index contributed by atoms with van der Waals surface area (Å²) >= 11 is 7.55. The number of benzene rings is 1. The second-order valence-corrected chi connectivity index (χ2v) is 5.26. The highest BCUT2D eigenvalue weighted by Crippen LogP contribution is 2.27. The lowest BCUT2D eigenvalue weighted by molar-refractivity contribution is 0.464. The summed E-state index contributed by atoms with van der Waals surface area (Å²) in [6, 6.07) is 7.15. The van der Waals surface area contributed by atoms with E-state index in [-0.39, 0.29) is 0 Å². The van der Waals surface area contributed by atoms with Crippen LogP contribution in [0.5, 0.6) is 0 Å². The topological polar surface area (TPSA) is 71.8 Å². The molecule has 0 aliphatic carbocycles. The number of rotatable bonds is 4. The van der Waals surface area contributed by atoms with Crippen molar-refractivity contribution in [3.05, 3.63) is 45.2 Å². The standard InChI is InChI=1S/C12H10ClN3O2S/c1-8-15-16(12(17)18-8)4-5-19-11-3-2-9(7-14)6-10(11)13/h2-3,6H,4-5H2,1H3. The Morgan fingerprint density at radius 2 is 2.37 bits per heavy atom. The maximum absolute atomic E-state index is 11.3. The molecule has 1 heterocycles. The molecule has 0 aliphatic rings. The molecule has 0 bridgehead atoms. The third-order valence-electron chi connectivity index (χ3n) is 2.33. The average molecular weight is 296 g/mol. The van der Waals surface area contributed by atoms with Crippen LogP contribution in [-0.4, -0.2) is 15.5 Å². The van der Waals surface area contributed by atoms with Gasteiger partial charge >= 0.3 is 5.76 Å². The fraction of sp³-hybridized carbons (Fsp3) is 0.250. The molecular formula is C12H10ClN3O2S. The molecule has 0 unspecified atom stereocenters. The van der Waals surface area contributed by atoms with E-state index in [1.54, 1.807) is 25.1 Å². The Kier molecular flexibility index (Phi) is 4.30. The summed E-state index contributed by atoms with van der Waals surface area (Å²) in [6.45, 7) is 2.07. The number of aryl methyl sites for hydroxylation is 2. The van der Waals surface area contributed by atoms with Crippen molar-refractivity contribution >= 4 is 23.4 Å². The summed E-state index contributed by atoms with van der Waals surface area (Å²) in [5, 5.41) is 13.2. The Morgan fingerprint density at radius 1 is 1.58 bits per heavy atom. The molecule has 0 N–H and O–H groups in total. The van der Waals surface area contributed by atoms with E-state index >= 15 is 0 Å². The van der Waals surface area contributed by atoms with Crippen molar-refractivity contribution in [3.63, 3.8) is 0 Å². The van der Waals surface area contributed by atoms with E-state index in [0.717, 1.165) is 4.90 Å². The molecule has 0 spiro atoms. The van der Waals surface area contributed by atoms with Crippen molar-refractivity contribution < 1.29 is 4.42 Å². The summed E-state index contributed by atoms with van der Waals surface area (Å²) in [7, 11) is 0. The van der Waals surface area contributed by atoms with Crippen LogP contribution in [0.15, 0.2) is 32.3 Å². The molecule has 0 atom stereocenters. The van der Waals surface area contributed by atoms with Gasteiger partial charge in [-0.3, -0.25) is 0 Å². The molecule has 2 aromatic rings. The van der Waals surface area contributed by atoms with Crippen LogP contribution in [0.1, 0.15) is 11.5 Å². The van der Waals surface area contributed by atoms with Crippen molar-refractivity contribution in [2.45, 2.75) is 18.4 Å². The van der Waals surface area contributed by atoms with Crippen LogP contribution in [0.25, 0.3) is 0 Å². The Hall–Kier alpha value is -1.71. The van der Waals surface area contributed by atoms with Gasteiger partial charge in [0, 0.05) is 17.6 Å². The van der Waals surface area contributed by atoms with Gasteiger partial charge in [0.2, 0.25) is 5.89 Å². The van der Waals surface area contributed by atoms with Crippen molar-refractivity contribution in [3.8, 4) is 6.07 Å². The minimum Gasteiger partial charge on any atom is -0.393 e. The number of hydrogen-bond donors (Lipinski definition) is 0. The predicted octanol–water partition coefficient (Wildman–Crippen LogP) is 2.46. The van der Waals surface area contributed by atoms with Crippen LogP contribution in [0.3, 0.4) is 0 Å². The quantitative estimate of drug-likeness (QED) is 0.810. The number of nitriles is 1. The van der Waals surface area contributed by atoms with Crippen LogP contribution in [0, 0.1) is 18.3 Å². The molecule has 0 aliphatic heterocycles. The average Bonchev–Trinajstić information content (AvgIpc) is 2.70. The third-order valence-corrected chi connectivity index (χ3v) is 3.81. The minimum absolute atomic E-state index is 0.353. The largest absolute Gasteiger partial charge is 0.437 e. The summed E-state index contributed by atoms with van der Waals surface area (Å²) in [5.41, 5.74) is 0.526. The lowest BCUT2D eigenvalue weighted by atomic mass is 10.2. The smallest absolute Gasteiger partial charge is 0.393 e. The predicted molar refractivity (Wildman–Crippen MR) is 72.4 cm³/mol. The van der Waals surface area contributed by atoms with Gasteiger partial charge in [-0.2, -0.15) is 9.94 Å². The first-order valence-corrected chi connectivity index (χ1v) is 6.83. The summed E-state index contributed by atoms with van der Waals surface area (Å²) in [6.07, 6.45) is 0. The molecule has 0 fully saturated rings. The van der Waals surface area contributed by atoms with E-state index in [9.17, 15) is 4.79 Å². The van der Waals surface area contributed by atoms with E-state index in [0.29, 0.717) is 28.8 Å². The Bertz CT molecular complexity index is 687. The number of halogens is 1. The third kappa shape index (κ3) is 3.40. The van der Waals surface area contributed by atoms with Crippen LogP contribution in [-0.2, 0) is 6.54 Å². The van der Waals surface area contributed by atoms with E-state index in [4.69, 9.17) is 21.3 Å². The van der Waals surface area contributed by atoms with E-state index in [1.165, 1.54) is 16.4 Å². The summed E-state index contributed by atoms with van der Waals surface area (Å²) < 4.78 is 6.07. The highest BCUT2D eigenvalue weighted by molar-refractivity contribution is 7.99. The minimum atomic E-state index is -0.455. The molecule has 0 saturated heterocycles. The Labute approximate surface area is 118 Å². The highest BCUT2D eigenvalue weighted by atomic mass is 35.5. The molecule has 2 rings (SSSR count). The zero-order valence-electron chi connectivity index (χ0n) is 10.1. The maximum atomic E-state index is 11.3. The van der Waals surface area contributed by atoms with Gasteiger partial charge in [-0.05, 0) is 18.2 Å². The van der Waals surface area contributed by atoms with Gasteiger partial charge in [0.15, 0.2) is 0 Å². The molecule has 5 nitrogen and oxygen atoms in total. The summed E-state index contributed by atoms with van der Waals surface area (Å²) in [4.78, 5) is 12.2. The summed E-state index contributed by atoms with van der Waals surface area (Å²) in [5.74, 6) is 0.535. The Morgan fingerprint density at radius 3 is 2.95 bits per heavy atom. The second-order valence-electron chi connectivity index (χ2n) is 3.72. The molecule has 1 aromatic carbocycles. The van der Waals surface area contributed by atoms with Crippen LogP contribution in [0.2, 0.25) is 5.02 Å². The molecule has 0 saturated carbocycles. The normalized spacial score (nSPS) is 10.4. The zero-order valence-corrected chi connectivity index (χ0v) is 11.7. The maximum Gasteiger partial charge on any atom is 0.437 e. The van der Waals surface area contributed by atoms with Crippen LogP contribution < -0.4 is 5.76 Å². The zero-order chi connectivity index (χ0) is 13.8. The van der Waals surface area contributed by atoms with Gasteiger partial charge in [-0.1, -0.05) is 11.6 Å². The van der Waals surface area contributed by atoms with Gasteiger partial charge < -0.3 is 4.42 Å². The number of hydrogen-bond acceptors (Lipinski definition) is 5. The fourth-order valence-corrected chi connectivity index (χ4v) is 2.67. The monoisotopic (exact) mass is 295 g/mol. The van der Waals surface area contributed by atoms with Crippen molar-refractivity contribution in [2.75, 3.05) is 5.75 Å². The van der Waals surface area contributed by atoms with Crippen LogP contribution >= 0.6 is 23.4 Å². The van der Waals surface area contributed by atoms with Gasteiger partial charge in [-0.15, -0.1) is 16.9 Å². The molecular weight excluding hydrogens is 286 g/mol.